The Balaban J connectivity index is 1.75. The standard InChI is InChI=1S/C24H16N2O2/c27-23-18-13-7-8-14-20(18)28-15-19(23)24-25-21(16-9-3-1-4-10-16)22(26-24)17-11-5-2-6-12-17/h1-15H,(H,25,26). The molecule has 0 aliphatic heterocycles. The fraction of sp³-hybridized carbons (Fsp3) is 0. The first-order valence-electron chi connectivity index (χ1n) is 9.03. The number of nitrogens with zero attached hydrogens (tertiary/aromatic N) is 1. The van der Waals surface area contributed by atoms with E-state index in [0.717, 1.165) is 22.5 Å². The highest BCUT2D eigenvalue weighted by Crippen LogP contribution is 2.32. The monoisotopic (exact) mass is 364 g/mol. The number of imidazole rings is 1. The summed E-state index contributed by atoms with van der Waals surface area (Å²) in [4.78, 5) is 21.1. The molecule has 0 aliphatic rings. The van der Waals surface area contributed by atoms with Crippen LogP contribution in [0.4, 0.5) is 0 Å². The van der Waals surface area contributed by atoms with E-state index < -0.39 is 0 Å². The molecule has 134 valence electrons. The van der Waals surface area contributed by atoms with E-state index in [-0.39, 0.29) is 5.43 Å². The molecule has 5 rings (SSSR count). The lowest BCUT2D eigenvalue weighted by Crippen LogP contribution is -2.05. The lowest BCUT2D eigenvalue weighted by Gasteiger charge is -2.02. The van der Waals surface area contributed by atoms with Crippen LogP contribution in [0.2, 0.25) is 0 Å². The zero-order chi connectivity index (χ0) is 18.9. The van der Waals surface area contributed by atoms with Crippen molar-refractivity contribution in [3.05, 3.63) is 101 Å². The molecule has 1 N–H and O–H groups in total. The summed E-state index contributed by atoms with van der Waals surface area (Å²) in [5, 5.41) is 0.541. The van der Waals surface area contributed by atoms with Gasteiger partial charge in [-0.25, -0.2) is 4.98 Å². The fourth-order valence-corrected chi connectivity index (χ4v) is 3.36. The van der Waals surface area contributed by atoms with E-state index >= 15 is 0 Å². The van der Waals surface area contributed by atoms with E-state index in [4.69, 9.17) is 9.40 Å². The molecule has 3 aromatic carbocycles. The van der Waals surface area contributed by atoms with Gasteiger partial charge in [-0.15, -0.1) is 0 Å². The minimum Gasteiger partial charge on any atom is -0.463 e. The predicted molar refractivity (Wildman–Crippen MR) is 111 cm³/mol. The largest absolute Gasteiger partial charge is 0.463 e. The van der Waals surface area contributed by atoms with Crippen molar-refractivity contribution in [2.24, 2.45) is 0 Å². The van der Waals surface area contributed by atoms with Gasteiger partial charge in [0.15, 0.2) is 0 Å². The third kappa shape index (κ3) is 2.72. The molecule has 5 aromatic rings. The van der Waals surface area contributed by atoms with Gasteiger partial charge in [0, 0.05) is 11.1 Å². The Kier molecular flexibility index (Phi) is 3.87. The first-order valence-corrected chi connectivity index (χ1v) is 9.03. The van der Waals surface area contributed by atoms with E-state index in [9.17, 15) is 4.79 Å². The van der Waals surface area contributed by atoms with E-state index in [1.165, 1.54) is 6.26 Å². The van der Waals surface area contributed by atoms with Gasteiger partial charge in [-0.3, -0.25) is 4.79 Å². The van der Waals surface area contributed by atoms with Crippen molar-refractivity contribution in [2.45, 2.75) is 0 Å². The Morgan fingerprint density at radius 1 is 0.750 bits per heavy atom. The highest BCUT2D eigenvalue weighted by Gasteiger charge is 2.18. The highest BCUT2D eigenvalue weighted by atomic mass is 16.3. The maximum atomic E-state index is 13.0. The molecule has 0 aliphatic carbocycles. The first-order chi connectivity index (χ1) is 13.8. The number of benzene rings is 3. The second-order valence-electron chi connectivity index (χ2n) is 6.52. The van der Waals surface area contributed by atoms with Crippen LogP contribution < -0.4 is 5.43 Å². The minimum atomic E-state index is -0.102. The van der Waals surface area contributed by atoms with Gasteiger partial charge < -0.3 is 9.40 Å². The van der Waals surface area contributed by atoms with E-state index in [0.29, 0.717) is 22.4 Å². The number of para-hydroxylation sites is 1. The molecule has 2 aromatic heterocycles. The van der Waals surface area contributed by atoms with Crippen LogP contribution in [0.15, 0.2) is 100 Å². The van der Waals surface area contributed by atoms with Crippen molar-refractivity contribution >= 4 is 11.0 Å². The van der Waals surface area contributed by atoms with E-state index in [2.05, 4.69) is 4.98 Å². The highest BCUT2D eigenvalue weighted by molar-refractivity contribution is 5.84. The second-order valence-corrected chi connectivity index (χ2v) is 6.52. The average Bonchev–Trinajstić information content (AvgIpc) is 3.21. The van der Waals surface area contributed by atoms with Gasteiger partial charge in [0.05, 0.1) is 16.8 Å². The molecule has 0 bridgehead atoms. The van der Waals surface area contributed by atoms with Gasteiger partial charge in [-0.05, 0) is 12.1 Å². The number of fused-ring (bicyclic) bond motifs is 1. The Labute approximate surface area is 161 Å². The molecule has 28 heavy (non-hydrogen) atoms. The molecule has 0 spiro atoms. The maximum Gasteiger partial charge on any atom is 0.203 e. The first kappa shape index (κ1) is 16.3. The number of rotatable bonds is 3. The molecule has 0 saturated carbocycles. The summed E-state index contributed by atoms with van der Waals surface area (Å²) in [7, 11) is 0. The summed E-state index contributed by atoms with van der Waals surface area (Å²) in [6.07, 6.45) is 1.48. The third-order valence-corrected chi connectivity index (χ3v) is 4.75. The third-order valence-electron chi connectivity index (χ3n) is 4.75. The summed E-state index contributed by atoms with van der Waals surface area (Å²) >= 11 is 0. The summed E-state index contributed by atoms with van der Waals surface area (Å²) in [5.41, 5.74) is 4.53. The van der Waals surface area contributed by atoms with Crippen LogP contribution in [0, 0.1) is 0 Å². The Hall–Kier alpha value is -3.92. The molecule has 0 fully saturated rings. The minimum absolute atomic E-state index is 0.102. The molecule has 0 saturated heterocycles. The number of hydrogen-bond acceptors (Lipinski definition) is 3. The smallest absolute Gasteiger partial charge is 0.203 e. The van der Waals surface area contributed by atoms with Crippen LogP contribution in [0.5, 0.6) is 0 Å². The molecule has 0 radical (unpaired) electrons. The second kappa shape index (κ2) is 6.67. The molecular weight excluding hydrogens is 348 g/mol. The van der Waals surface area contributed by atoms with Crippen molar-refractivity contribution < 1.29 is 4.42 Å². The molecule has 4 nitrogen and oxygen atoms in total. The van der Waals surface area contributed by atoms with Crippen LogP contribution in [0.3, 0.4) is 0 Å². The summed E-state index contributed by atoms with van der Waals surface area (Å²) < 4.78 is 5.68. The topological polar surface area (TPSA) is 58.9 Å². The Morgan fingerprint density at radius 2 is 1.39 bits per heavy atom. The summed E-state index contributed by atoms with van der Waals surface area (Å²) in [6, 6.07) is 27.1. The number of aromatic amines is 1. The van der Waals surface area contributed by atoms with Crippen molar-refractivity contribution in [1.29, 1.82) is 0 Å². The van der Waals surface area contributed by atoms with Crippen molar-refractivity contribution in [2.75, 3.05) is 0 Å². The van der Waals surface area contributed by atoms with Crippen molar-refractivity contribution in [3.8, 4) is 33.9 Å². The van der Waals surface area contributed by atoms with Gasteiger partial charge in [0.25, 0.3) is 0 Å². The molecule has 4 heteroatoms. The number of aromatic nitrogens is 2. The number of H-pyrrole nitrogens is 1. The van der Waals surface area contributed by atoms with Gasteiger partial charge in [0.1, 0.15) is 23.2 Å². The van der Waals surface area contributed by atoms with Gasteiger partial charge in [-0.1, -0.05) is 72.8 Å². The van der Waals surface area contributed by atoms with Gasteiger partial charge >= 0.3 is 0 Å². The summed E-state index contributed by atoms with van der Waals surface area (Å²) in [6.45, 7) is 0. The SMILES string of the molecule is O=c1c(-c2nc(-c3ccccc3)c(-c3ccccc3)[nH]2)coc2ccccc12. The molecule has 2 heterocycles. The van der Waals surface area contributed by atoms with Gasteiger partial charge in [0.2, 0.25) is 5.43 Å². The van der Waals surface area contributed by atoms with E-state index in [1.807, 2.05) is 72.8 Å². The molecular formula is C24H16N2O2. The normalized spacial score (nSPS) is 11.0. The maximum absolute atomic E-state index is 13.0. The van der Waals surface area contributed by atoms with Crippen LogP contribution in [0.1, 0.15) is 0 Å². The average molecular weight is 364 g/mol. The fourth-order valence-electron chi connectivity index (χ4n) is 3.36. The van der Waals surface area contributed by atoms with Crippen LogP contribution in [0.25, 0.3) is 44.9 Å². The van der Waals surface area contributed by atoms with Gasteiger partial charge in [-0.2, -0.15) is 0 Å². The van der Waals surface area contributed by atoms with E-state index in [1.54, 1.807) is 12.1 Å². The number of nitrogens with one attached hydrogen (secondary N) is 1. The number of hydrogen-bond donors (Lipinski definition) is 1. The van der Waals surface area contributed by atoms with Crippen molar-refractivity contribution in [3.63, 3.8) is 0 Å². The molecule has 0 unspecified atom stereocenters. The zero-order valence-corrected chi connectivity index (χ0v) is 14.9. The summed E-state index contributed by atoms with van der Waals surface area (Å²) in [5.74, 6) is 0.497. The van der Waals surface area contributed by atoms with Crippen molar-refractivity contribution in [1.82, 2.24) is 9.97 Å². The molecule has 0 atom stereocenters. The van der Waals surface area contributed by atoms with Crippen LogP contribution >= 0.6 is 0 Å². The Bertz CT molecular complexity index is 1260. The van der Waals surface area contributed by atoms with Crippen LogP contribution in [-0.4, -0.2) is 9.97 Å². The lowest BCUT2D eigenvalue weighted by molar-refractivity contribution is 0.604. The molecule has 0 amide bonds. The predicted octanol–water partition coefficient (Wildman–Crippen LogP) is 5.52. The lowest BCUT2D eigenvalue weighted by atomic mass is 10.1. The van der Waals surface area contributed by atoms with Crippen LogP contribution in [-0.2, 0) is 0 Å². The Morgan fingerprint density at radius 3 is 2.14 bits per heavy atom. The quantitative estimate of drug-likeness (QED) is 0.459. The zero-order valence-electron chi connectivity index (χ0n) is 14.9.